The van der Waals surface area contributed by atoms with Crippen molar-refractivity contribution in [3.63, 3.8) is 0 Å². The van der Waals surface area contributed by atoms with Crippen molar-refractivity contribution in [1.29, 1.82) is 0 Å². The topological polar surface area (TPSA) is 79.4 Å². The van der Waals surface area contributed by atoms with Gasteiger partial charge in [-0.25, -0.2) is 9.97 Å². The second-order valence-electron chi connectivity index (χ2n) is 2.86. The number of hydrogen-bond acceptors (Lipinski definition) is 5. The molecule has 78 valence electrons. The van der Waals surface area contributed by atoms with Crippen LogP contribution in [0.3, 0.4) is 0 Å². The highest BCUT2D eigenvalue weighted by Gasteiger charge is 1.97. The minimum atomic E-state index is 0.525. The van der Waals surface area contributed by atoms with Crippen molar-refractivity contribution in [2.45, 2.75) is 6.42 Å². The molecule has 0 radical (unpaired) electrons. The molecule has 15 heavy (non-hydrogen) atoms. The fourth-order valence-electron chi connectivity index (χ4n) is 1.05. The number of aromatic amines is 1. The fourth-order valence-corrected chi connectivity index (χ4v) is 1.15. The molecule has 2 aromatic rings. The van der Waals surface area contributed by atoms with Crippen LogP contribution in [0, 0.1) is 0 Å². The van der Waals surface area contributed by atoms with E-state index < -0.39 is 0 Å². The van der Waals surface area contributed by atoms with Crippen LogP contribution < -0.4 is 5.32 Å². The molecule has 0 aliphatic rings. The number of H-pyrrole nitrogens is 1. The van der Waals surface area contributed by atoms with E-state index in [9.17, 15) is 0 Å². The zero-order chi connectivity index (χ0) is 10.5. The number of anilines is 1. The standard InChI is InChI=1S/C8H9ClN6/c9-6-3-11-8(12-4-6)10-2-1-7-5-13-15-14-7/h3-5H,1-2H2,(H,10,11,12)(H,13,14,15). The lowest BCUT2D eigenvalue weighted by molar-refractivity contribution is 0.887. The molecule has 0 aliphatic carbocycles. The van der Waals surface area contributed by atoms with Crippen molar-refractivity contribution in [2.75, 3.05) is 11.9 Å². The molecule has 6 nitrogen and oxygen atoms in total. The van der Waals surface area contributed by atoms with Crippen molar-refractivity contribution in [3.8, 4) is 0 Å². The van der Waals surface area contributed by atoms with Gasteiger partial charge >= 0.3 is 0 Å². The molecule has 0 aliphatic heterocycles. The molecule has 2 rings (SSSR count). The van der Waals surface area contributed by atoms with E-state index in [1.54, 1.807) is 18.6 Å². The Balaban J connectivity index is 1.81. The smallest absolute Gasteiger partial charge is 0.222 e. The van der Waals surface area contributed by atoms with E-state index in [-0.39, 0.29) is 0 Å². The van der Waals surface area contributed by atoms with Crippen LogP contribution in [0.15, 0.2) is 18.6 Å². The highest BCUT2D eigenvalue weighted by molar-refractivity contribution is 6.30. The summed E-state index contributed by atoms with van der Waals surface area (Å²) in [6.07, 6.45) is 5.55. The van der Waals surface area contributed by atoms with Crippen LogP contribution in [0.1, 0.15) is 5.69 Å². The maximum Gasteiger partial charge on any atom is 0.222 e. The second kappa shape index (κ2) is 4.70. The van der Waals surface area contributed by atoms with E-state index in [4.69, 9.17) is 11.6 Å². The Labute approximate surface area is 91.1 Å². The molecule has 0 atom stereocenters. The molecule has 0 fully saturated rings. The van der Waals surface area contributed by atoms with Crippen molar-refractivity contribution < 1.29 is 0 Å². The second-order valence-corrected chi connectivity index (χ2v) is 3.30. The molecule has 0 saturated carbocycles. The highest BCUT2D eigenvalue weighted by Crippen LogP contribution is 2.05. The Bertz CT molecular complexity index is 398. The van der Waals surface area contributed by atoms with Crippen LogP contribution >= 0.6 is 11.6 Å². The van der Waals surface area contributed by atoms with E-state index in [0.29, 0.717) is 17.5 Å². The number of rotatable bonds is 4. The lowest BCUT2D eigenvalue weighted by atomic mass is 10.3. The quantitative estimate of drug-likeness (QED) is 0.807. The van der Waals surface area contributed by atoms with Gasteiger partial charge < -0.3 is 5.32 Å². The van der Waals surface area contributed by atoms with Crippen LogP contribution in [0.5, 0.6) is 0 Å². The van der Waals surface area contributed by atoms with Gasteiger partial charge in [-0.1, -0.05) is 11.6 Å². The summed E-state index contributed by atoms with van der Waals surface area (Å²) in [5.74, 6) is 0.558. The van der Waals surface area contributed by atoms with Gasteiger partial charge in [0.15, 0.2) is 0 Å². The summed E-state index contributed by atoms with van der Waals surface area (Å²) < 4.78 is 0. The number of nitrogens with zero attached hydrogens (tertiary/aromatic N) is 4. The minimum Gasteiger partial charge on any atom is -0.354 e. The van der Waals surface area contributed by atoms with E-state index >= 15 is 0 Å². The maximum atomic E-state index is 5.65. The number of aromatic nitrogens is 5. The van der Waals surface area contributed by atoms with Gasteiger partial charge in [0, 0.05) is 13.0 Å². The van der Waals surface area contributed by atoms with Gasteiger partial charge in [0.05, 0.1) is 29.3 Å². The van der Waals surface area contributed by atoms with E-state index in [0.717, 1.165) is 12.1 Å². The number of hydrogen-bond donors (Lipinski definition) is 2. The molecular weight excluding hydrogens is 216 g/mol. The summed E-state index contributed by atoms with van der Waals surface area (Å²) >= 11 is 5.65. The van der Waals surface area contributed by atoms with Gasteiger partial charge in [0.1, 0.15) is 0 Å². The lowest BCUT2D eigenvalue weighted by Crippen LogP contribution is -2.07. The molecule has 0 amide bonds. The van der Waals surface area contributed by atoms with Gasteiger partial charge in [-0.05, 0) is 0 Å². The fraction of sp³-hybridized carbons (Fsp3) is 0.250. The SMILES string of the molecule is Clc1cnc(NCCc2cn[nH]n2)nc1. The third-order valence-electron chi connectivity index (χ3n) is 1.75. The third-order valence-corrected chi connectivity index (χ3v) is 1.94. The Morgan fingerprint density at radius 1 is 1.27 bits per heavy atom. The summed E-state index contributed by atoms with van der Waals surface area (Å²) in [7, 11) is 0. The van der Waals surface area contributed by atoms with Gasteiger partial charge in [0.2, 0.25) is 5.95 Å². The maximum absolute atomic E-state index is 5.65. The Hall–Kier alpha value is -1.69. The molecule has 2 aromatic heterocycles. The van der Waals surface area contributed by atoms with Gasteiger partial charge in [-0.15, -0.1) is 0 Å². The first-order chi connectivity index (χ1) is 7.34. The normalized spacial score (nSPS) is 10.2. The molecule has 2 N–H and O–H groups in total. The van der Waals surface area contributed by atoms with Crippen molar-refractivity contribution in [3.05, 3.63) is 29.3 Å². The predicted octanol–water partition coefficient (Wildman–Crippen LogP) is 0.903. The first-order valence-electron chi connectivity index (χ1n) is 4.40. The van der Waals surface area contributed by atoms with Crippen molar-refractivity contribution in [1.82, 2.24) is 25.4 Å². The van der Waals surface area contributed by atoms with Crippen LogP contribution in [0.25, 0.3) is 0 Å². The molecule has 2 heterocycles. The molecule has 0 saturated heterocycles. The van der Waals surface area contributed by atoms with Gasteiger partial charge in [0.25, 0.3) is 0 Å². The van der Waals surface area contributed by atoms with E-state index in [1.165, 1.54) is 0 Å². The average molecular weight is 225 g/mol. The van der Waals surface area contributed by atoms with Gasteiger partial charge in [-0.2, -0.15) is 15.4 Å². The average Bonchev–Trinajstić information content (AvgIpc) is 2.74. The molecule has 0 bridgehead atoms. The summed E-state index contributed by atoms with van der Waals surface area (Å²) in [5, 5.41) is 13.8. The van der Waals surface area contributed by atoms with Crippen molar-refractivity contribution >= 4 is 17.5 Å². The molecular formula is C8H9ClN6. The van der Waals surface area contributed by atoms with Crippen molar-refractivity contribution in [2.24, 2.45) is 0 Å². The van der Waals surface area contributed by atoms with Gasteiger partial charge in [-0.3, -0.25) is 0 Å². The molecule has 0 unspecified atom stereocenters. The third kappa shape index (κ3) is 2.88. The van der Waals surface area contributed by atoms with E-state index in [2.05, 4.69) is 30.7 Å². The number of halogens is 1. The predicted molar refractivity (Wildman–Crippen MR) is 55.6 cm³/mol. The van der Waals surface area contributed by atoms with Crippen LogP contribution in [-0.2, 0) is 6.42 Å². The van der Waals surface area contributed by atoms with Crippen LogP contribution in [-0.4, -0.2) is 31.9 Å². The highest BCUT2D eigenvalue weighted by atomic mass is 35.5. The van der Waals surface area contributed by atoms with Crippen LogP contribution in [0.4, 0.5) is 5.95 Å². The summed E-state index contributed by atoms with van der Waals surface area (Å²) in [4.78, 5) is 8.00. The first-order valence-corrected chi connectivity index (χ1v) is 4.78. The summed E-state index contributed by atoms with van der Waals surface area (Å²) in [6, 6.07) is 0. The Morgan fingerprint density at radius 3 is 2.73 bits per heavy atom. The monoisotopic (exact) mass is 224 g/mol. The zero-order valence-corrected chi connectivity index (χ0v) is 8.57. The summed E-state index contributed by atoms with van der Waals surface area (Å²) in [5.41, 5.74) is 0.900. The zero-order valence-electron chi connectivity index (χ0n) is 7.81. The van der Waals surface area contributed by atoms with Crippen LogP contribution in [0.2, 0.25) is 5.02 Å². The Morgan fingerprint density at radius 2 is 2.07 bits per heavy atom. The molecule has 7 heteroatoms. The lowest BCUT2D eigenvalue weighted by Gasteiger charge is -2.01. The first kappa shape index (κ1) is 9.85. The minimum absolute atomic E-state index is 0.525. The number of nitrogens with one attached hydrogen (secondary N) is 2. The Kier molecular flexibility index (Phi) is 3.08. The molecule has 0 spiro atoms. The summed E-state index contributed by atoms with van der Waals surface area (Å²) in [6.45, 7) is 0.703. The largest absolute Gasteiger partial charge is 0.354 e. The molecule has 0 aromatic carbocycles. The van der Waals surface area contributed by atoms with E-state index in [1.807, 2.05) is 0 Å².